The molecule has 0 aliphatic heterocycles. The van der Waals surface area contributed by atoms with Crippen LogP contribution in [0.1, 0.15) is 22.3 Å². The average molecular weight is 381 g/mol. The van der Waals surface area contributed by atoms with Gasteiger partial charge >= 0.3 is 0 Å². The summed E-state index contributed by atoms with van der Waals surface area (Å²) in [7, 11) is 0. The Morgan fingerprint density at radius 1 is 0.966 bits per heavy atom. The van der Waals surface area contributed by atoms with E-state index in [1.54, 1.807) is 54.6 Å². The van der Waals surface area contributed by atoms with Crippen molar-refractivity contribution < 1.29 is 9.66 Å². The minimum Gasteiger partial charge on any atom is -0.489 e. The van der Waals surface area contributed by atoms with Gasteiger partial charge < -0.3 is 4.74 Å². The van der Waals surface area contributed by atoms with Crippen molar-refractivity contribution in [1.29, 1.82) is 10.5 Å². The fraction of sp³-hybridized carbons (Fsp3) is 0.0435. The zero-order chi connectivity index (χ0) is 20.6. The Morgan fingerprint density at radius 3 is 2.17 bits per heavy atom. The van der Waals surface area contributed by atoms with Crippen LogP contribution in [0, 0.1) is 32.8 Å². The van der Waals surface area contributed by atoms with E-state index in [2.05, 4.69) is 12.1 Å². The molecule has 29 heavy (non-hydrogen) atoms. The Bertz CT molecular complexity index is 1120. The third-order valence-electron chi connectivity index (χ3n) is 4.19. The lowest BCUT2D eigenvalue weighted by molar-refractivity contribution is -0.384. The number of allylic oxidation sites excluding steroid dienone is 1. The molecule has 0 bridgehead atoms. The number of nitro groups is 1. The lowest BCUT2D eigenvalue weighted by Gasteiger charge is -2.07. The molecule has 0 N–H and O–H groups in total. The Labute approximate surface area is 167 Å². The molecule has 0 spiro atoms. The third kappa shape index (κ3) is 5.06. The molecule has 0 atom stereocenters. The zero-order valence-electron chi connectivity index (χ0n) is 15.3. The molecule has 0 fully saturated rings. The van der Waals surface area contributed by atoms with Gasteiger partial charge in [0.05, 0.1) is 28.2 Å². The number of nitrogens with zero attached hydrogens (tertiary/aromatic N) is 3. The largest absolute Gasteiger partial charge is 0.489 e. The summed E-state index contributed by atoms with van der Waals surface area (Å²) in [5.41, 5.74) is 3.49. The summed E-state index contributed by atoms with van der Waals surface area (Å²) in [6, 6.07) is 24.5. The van der Waals surface area contributed by atoms with Crippen LogP contribution in [0.5, 0.6) is 5.75 Å². The van der Waals surface area contributed by atoms with Gasteiger partial charge in [0.2, 0.25) is 0 Å². The van der Waals surface area contributed by atoms with Crippen LogP contribution < -0.4 is 4.74 Å². The first-order valence-corrected chi connectivity index (χ1v) is 8.67. The first-order valence-electron chi connectivity index (χ1n) is 8.67. The van der Waals surface area contributed by atoms with Crippen LogP contribution in [0.3, 0.4) is 0 Å². The maximum absolute atomic E-state index is 10.7. The molecule has 3 aromatic carbocycles. The summed E-state index contributed by atoms with van der Waals surface area (Å²) in [5, 5.41) is 29.0. The Morgan fingerprint density at radius 2 is 1.62 bits per heavy atom. The summed E-state index contributed by atoms with van der Waals surface area (Å²) in [4.78, 5) is 10.2. The van der Waals surface area contributed by atoms with E-state index in [0.717, 1.165) is 16.7 Å². The molecule has 140 valence electrons. The molecular formula is C23H15N3O3. The van der Waals surface area contributed by atoms with Crippen molar-refractivity contribution in [3.8, 4) is 17.9 Å². The number of hydrogen-bond acceptors (Lipinski definition) is 5. The van der Waals surface area contributed by atoms with Gasteiger partial charge in [-0.25, -0.2) is 0 Å². The van der Waals surface area contributed by atoms with Gasteiger partial charge in [0.15, 0.2) is 0 Å². The molecule has 0 heterocycles. The normalized spacial score (nSPS) is 10.6. The molecular weight excluding hydrogens is 366 g/mol. The Hall–Kier alpha value is -4.42. The van der Waals surface area contributed by atoms with Crippen LogP contribution in [0.2, 0.25) is 0 Å². The van der Waals surface area contributed by atoms with E-state index in [4.69, 9.17) is 10.00 Å². The van der Waals surface area contributed by atoms with Crippen LogP contribution in [-0.2, 0) is 6.61 Å². The van der Waals surface area contributed by atoms with Crippen LogP contribution in [-0.4, -0.2) is 4.92 Å². The van der Waals surface area contributed by atoms with Gasteiger partial charge in [0.1, 0.15) is 12.4 Å². The number of non-ortho nitro benzene ring substituents is 1. The molecule has 0 aliphatic rings. The third-order valence-corrected chi connectivity index (χ3v) is 4.19. The van der Waals surface area contributed by atoms with Crippen molar-refractivity contribution >= 4 is 17.3 Å². The SMILES string of the molecule is N#CC(=Cc1ccc(OCc2ccc([N+](=O)[O-])cc2)cc1)c1ccc(C#N)cc1. The number of nitro benzene ring substituents is 1. The summed E-state index contributed by atoms with van der Waals surface area (Å²) in [6.45, 7) is 0.294. The standard InChI is InChI=1S/C23H15N3O3/c24-14-18-1-7-20(8-2-18)21(15-25)13-17-5-11-23(12-6-17)29-16-19-3-9-22(10-4-19)26(27)28/h1-13H,16H2. The highest BCUT2D eigenvalue weighted by atomic mass is 16.6. The second kappa shape index (κ2) is 8.98. The molecule has 0 amide bonds. The van der Waals surface area contributed by atoms with Crippen LogP contribution in [0.15, 0.2) is 72.8 Å². The minimum absolute atomic E-state index is 0.0421. The number of ether oxygens (including phenoxy) is 1. The zero-order valence-corrected chi connectivity index (χ0v) is 15.3. The molecule has 0 radical (unpaired) electrons. The highest BCUT2D eigenvalue weighted by Gasteiger charge is 2.05. The molecule has 0 aromatic heterocycles. The maximum Gasteiger partial charge on any atom is 0.269 e. The highest BCUT2D eigenvalue weighted by Crippen LogP contribution is 2.21. The van der Waals surface area contributed by atoms with E-state index in [0.29, 0.717) is 23.5 Å². The molecule has 3 aromatic rings. The molecule has 0 aliphatic carbocycles. The lowest BCUT2D eigenvalue weighted by Crippen LogP contribution is -1.96. The quantitative estimate of drug-likeness (QED) is 0.256. The van der Waals surface area contributed by atoms with E-state index in [-0.39, 0.29) is 5.69 Å². The molecule has 6 heteroatoms. The summed E-state index contributed by atoms with van der Waals surface area (Å²) < 4.78 is 5.70. The second-order valence-electron chi connectivity index (χ2n) is 6.14. The van der Waals surface area contributed by atoms with Crippen LogP contribution in [0.4, 0.5) is 5.69 Å². The van der Waals surface area contributed by atoms with E-state index in [1.165, 1.54) is 12.1 Å². The van der Waals surface area contributed by atoms with Gasteiger partial charge in [0.25, 0.3) is 5.69 Å². The first-order chi connectivity index (χ1) is 14.1. The monoisotopic (exact) mass is 381 g/mol. The van der Waals surface area contributed by atoms with E-state index < -0.39 is 4.92 Å². The molecule has 0 saturated heterocycles. The lowest BCUT2D eigenvalue weighted by atomic mass is 10.0. The van der Waals surface area contributed by atoms with E-state index in [1.807, 2.05) is 12.1 Å². The Kier molecular flexibility index (Phi) is 5.99. The number of nitriles is 2. The minimum atomic E-state index is -0.440. The number of hydrogen-bond donors (Lipinski definition) is 0. The van der Waals surface area contributed by atoms with Gasteiger partial charge in [-0.1, -0.05) is 24.3 Å². The number of rotatable bonds is 6. The summed E-state index contributed by atoms with van der Waals surface area (Å²) in [6.07, 6.45) is 1.77. The van der Waals surface area contributed by atoms with Crippen molar-refractivity contribution in [2.75, 3.05) is 0 Å². The van der Waals surface area contributed by atoms with Crippen molar-refractivity contribution in [3.63, 3.8) is 0 Å². The van der Waals surface area contributed by atoms with Crippen molar-refractivity contribution in [2.45, 2.75) is 6.61 Å². The summed E-state index contributed by atoms with van der Waals surface area (Å²) in [5.74, 6) is 0.650. The number of benzene rings is 3. The molecule has 3 rings (SSSR count). The second-order valence-corrected chi connectivity index (χ2v) is 6.14. The summed E-state index contributed by atoms with van der Waals surface area (Å²) >= 11 is 0. The highest BCUT2D eigenvalue weighted by molar-refractivity contribution is 5.89. The first kappa shape index (κ1) is 19.3. The predicted molar refractivity (Wildman–Crippen MR) is 109 cm³/mol. The molecule has 6 nitrogen and oxygen atoms in total. The van der Waals surface area contributed by atoms with Crippen molar-refractivity contribution in [2.24, 2.45) is 0 Å². The molecule has 0 saturated carbocycles. The maximum atomic E-state index is 10.7. The van der Waals surface area contributed by atoms with Gasteiger partial charge in [-0.2, -0.15) is 10.5 Å². The van der Waals surface area contributed by atoms with E-state index >= 15 is 0 Å². The topological polar surface area (TPSA) is 99.9 Å². The average Bonchev–Trinajstić information content (AvgIpc) is 2.77. The van der Waals surface area contributed by atoms with Gasteiger partial charge in [-0.15, -0.1) is 0 Å². The van der Waals surface area contributed by atoms with Crippen molar-refractivity contribution in [3.05, 3.63) is 105 Å². The fourth-order valence-corrected chi connectivity index (χ4v) is 2.61. The van der Waals surface area contributed by atoms with Gasteiger partial charge in [-0.05, 0) is 59.2 Å². The van der Waals surface area contributed by atoms with Crippen LogP contribution in [0.25, 0.3) is 11.6 Å². The Balaban J connectivity index is 1.67. The van der Waals surface area contributed by atoms with E-state index in [9.17, 15) is 15.4 Å². The molecule has 0 unspecified atom stereocenters. The van der Waals surface area contributed by atoms with Gasteiger partial charge in [-0.3, -0.25) is 10.1 Å². The van der Waals surface area contributed by atoms with Crippen molar-refractivity contribution in [1.82, 2.24) is 0 Å². The van der Waals surface area contributed by atoms with Gasteiger partial charge in [0, 0.05) is 12.1 Å². The predicted octanol–water partition coefficient (Wildman–Crippen LogP) is 5.11. The van der Waals surface area contributed by atoms with Crippen LogP contribution >= 0.6 is 0 Å². The fourth-order valence-electron chi connectivity index (χ4n) is 2.61. The smallest absolute Gasteiger partial charge is 0.269 e.